The van der Waals surface area contributed by atoms with Crippen LogP contribution in [0.25, 0.3) is 10.9 Å². The molecule has 0 aliphatic heterocycles. The first kappa shape index (κ1) is 11.1. The van der Waals surface area contributed by atoms with E-state index in [0.717, 1.165) is 18.9 Å². The third kappa shape index (κ3) is 1.65. The zero-order valence-corrected chi connectivity index (χ0v) is 9.33. The molecule has 0 amide bonds. The molecule has 1 aliphatic rings. The van der Waals surface area contributed by atoms with Crippen LogP contribution in [0.1, 0.15) is 30.1 Å². The van der Waals surface area contributed by atoms with E-state index in [9.17, 15) is 13.2 Å². The number of alkyl halides is 3. The molecule has 0 N–H and O–H groups in total. The molecule has 2 nitrogen and oxygen atoms in total. The smallest absolute Gasteiger partial charge is 0.334 e. The molecule has 1 heterocycles. The minimum atomic E-state index is -4.35. The Morgan fingerprint density at radius 3 is 2.50 bits per heavy atom. The highest BCUT2D eigenvalue weighted by Gasteiger charge is 2.39. The fraction of sp³-hybridized carbons (Fsp3) is 0.308. The third-order valence-corrected chi connectivity index (χ3v) is 3.17. The monoisotopic (exact) mass is 250 g/mol. The van der Waals surface area contributed by atoms with E-state index in [2.05, 4.69) is 0 Å². The number of fused-ring (bicyclic) bond motifs is 1. The number of rotatable bonds is 1. The number of aromatic nitrogens is 1. The maximum Gasteiger partial charge on any atom is 0.431 e. The molecule has 2 aromatic rings. The van der Waals surface area contributed by atoms with Crippen molar-refractivity contribution in [1.29, 1.82) is 5.26 Å². The number of benzene rings is 1. The molecule has 0 radical (unpaired) electrons. The Bertz CT molecular complexity index is 657. The Kier molecular flexibility index (Phi) is 2.18. The van der Waals surface area contributed by atoms with Crippen molar-refractivity contribution in [1.82, 2.24) is 4.57 Å². The summed E-state index contributed by atoms with van der Waals surface area (Å²) in [6.45, 7) is 0. The average Bonchev–Trinajstić information content (AvgIpc) is 3.07. The molecule has 1 aliphatic carbocycles. The van der Waals surface area contributed by atoms with Gasteiger partial charge in [-0.05, 0) is 31.0 Å². The van der Waals surface area contributed by atoms with Gasteiger partial charge in [0.1, 0.15) is 5.69 Å². The first-order valence-corrected chi connectivity index (χ1v) is 5.63. The molecule has 3 rings (SSSR count). The summed E-state index contributed by atoms with van der Waals surface area (Å²) in [4.78, 5) is 0. The van der Waals surface area contributed by atoms with Crippen molar-refractivity contribution < 1.29 is 13.2 Å². The van der Waals surface area contributed by atoms with Crippen LogP contribution >= 0.6 is 0 Å². The lowest BCUT2D eigenvalue weighted by atomic mass is 10.2. The molecule has 0 saturated heterocycles. The van der Waals surface area contributed by atoms with Crippen molar-refractivity contribution in [2.45, 2.75) is 25.1 Å². The Morgan fingerprint density at radius 1 is 1.22 bits per heavy atom. The van der Waals surface area contributed by atoms with Gasteiger partial charge >= 0.3 is 6.18 Å². The van der Waals surface area contributed by atoms with Gasteiger partial charge in [0.25, 0.3) is 0 Å². The lowest BCUT2D eigenvalue weighted by molar-refractivity contribution is -0.143. The zero-order valence-electron chi connectivity index (χ0n) is 9.33. The van der Waals surface area contributed by atoms with Gasteiger partial charge in [-0.15, -0.1) is 0 Å². The van der Waals surface area contributed by atoms with Crippen molar-refractivity contribution >= 4 is 10.9 Å². The summed E-state index contributed by atoms with van der Waals surface area (Å²) in [5.41, 5.74) is 0.273. The van der Waals surface area contributed by atoms with Gasteiger partial charge in [-0.1, -0.05) is 6.07 Å². The largest absolute Gasteiger partial charge is 0.431 e. The van der Waals surface area contributed by atoms with Crippen LogP contribution in [0.2, 0.25) is 0 Å². The van der Waals surface area contributed by atoms with Crippen molar-refractivity contribution in [3.05, 3.63) is 35.5 Å². The third-order valence-electron chi connectivity index (χ3n) is 3.17. The van der Waals surface area contributed by atoms with Crippen molar-refractivity contribution in [2.75, 3.05) is 0 Å². The van der Waals surface area contributed by atoms with E-state index in [1.165, 1.54) is 10.6 Å². The first-order valence-electron chi connectivity index (χ1n) is 5.63. The summed E-state index contributed by atoms with van der Waals surface area (Å²) in [6, 6.07) is 7.69. The number of nitriles is 1. The second-order valence-electron chi connectivity index (χ2n) is 4.51. The number of nitrogens with zero attached hydrogens (tertiary/aromatic N) is 2. The van der Waals surface area contributed by atoms with Gasteiger partial charge in [0, 0.05) is 11.4 Å². The van der Waals surface area contributed by atoms with Gasteiger partial charge in [-0.25, -0.2) is 0 Å². The average molecular weight is 250 g/mol. The predicted octanol–water partition coefficient (Wildman–Crippen LogP) is 3.87. The molecule has 1 saturated carbocycles. The molecular weight excluding hydrogens is 241 g/mol. The first-order chi connectivity index (χ1) is 8.50. The molecule has 92 valence electrons. The van der Waals surface area contributed by atoms with Gasteiger partial charge in [-0.2, -0.15) is 18.4 Å². The van der Waals surface area contributed by atoms with Crippen LogP contribution in [-0.2, 0) is 6.18 Å². The van der Waals surface area contributed by atoms with Crippen molar-refractivity contribution in [3.8, 4) is 6.07 Å². The Balaban J connectivity index is 2.31. The number of halogens is 3. The van der Waals surface area contributed by atoms with Crippen LogP contribution in [0.15, 0.2) is 24.3 Å². The van der Waals surface area contributed by atoms with Crippen molar-refractivity contribution in [2.24, 2.45) is 0 Å². The SMILES string of the molecule is N#Cc1ccc2cc(C(F)(F)F)n(C3CC3)c2c1. The van der Waals surface area contributed by atoms with Crippen LogP contribution in [-0.4, -0.2) is 4.57 Å². The van der Waals surface area contributed by atoms with E-state index in [1.54, 1.807) is 12.1 Å². The molecule has 0 bridgehead atoms. The molecule has 18 heavy (non-hydrogen) atoms. The van der Waals surface area contributed by atoms with E-state index in [0.29, 0.717) is 16.5 Å². The second kappa shape index (κ2) is 3.52. The lowest BCUT2D eigenvalue weighted by Crippen LogP contribution is -2.12. The van der Waals surface area contributed by atoms with Gasteiger partial charge in [0.05, 0.1) is 17.1 Å². The molecule has 1 fully saturated rings. The molecule has 1 aromatic heterocycles. The second-order valence-corrected chi connectivity index (χ2v) is 4.51. The topological polar surface area (TPSA) is 28.7 Å². The summed E-state index contributed by atoms with van der Waals surface area (Å²) in [6.07, 6.45) is -2.82. The van der Waals surface area contributed by atoms with E-state index in [4.69, 9.17) is 5.26 Å². The summed E-state index contributed by atoms with van der Waals surface area (Å²) < 4.78 is 40.2. The van der Waals surface area contributed by atoms with E-state index in [-0.39, 0.29) is 6.04 Å². The summed E-state index contributed by atoms with van der Waals surface area (Å²) in [5, 5.41) is 9.36. The minimum absolute atomic E-state index is 0.0759. The highest BCUT2D eigenvalue weighted by Crippen LogP contribution is 2.44. The number of hydrogen-bond acceptors (Lipinski definition) is 1. The van der Waals surface area contributed by atoms with Gasteiger partial charge in [-0.3, -0.25) is 0 Å². The van der Waals surface area contributed by atoms with Crippen LogP contribution in [0.5, 0.6) is 0 Å². The van der Waals surface area contributed by atoms with Crippen molar-refractivity contribution in [3.63, 3.8) is 0 Å². The normalized spacial score (nSPS) is 15.9. The fourth-order valence-corrected chi connectivity index (χ4v) is 2.24. The van der Waals surface area contributed by atoms with E-state index >= 15 is 0 Å². The molecule has 0 spiro atoms. The van der Waals surface area contributed by atoms with Crippen LogP contribution in [0.3, 0.4) is 0 Å². The van der Waals surface area contributed by atoms with Crippen LogP contribution in [0.4, 0.5) is 13.2 Å². The summed E-state index contributed by atoms with van der Waals surface area (Å²) in [7, 11) is 0. The molecule has 1 aromatic carbocycles. The minimum Gasteiger partial charge on any atom is -0.334 e. The van der Waals surface area contributed by atoms with Gasteiger partial charge in [0.2, 0.25) is 0 Å². The maximum absolute atomic E-state index is 13.0. The summed E-state index contributed by atoms with van der Waals surface area (Å²) >= 11 is 0. The van der Waals surface area contributed by atoms with Gasteiger partial charge in [0.15, 0.2) is 0 Å². The summed E-state index contributed by atoms with van der Waals surface area (Å²) in [5.74, 6) is 0. The fourth-order valence-electron chi connectivity index (χ4n) is 2.24. The molecule has 0 atom stereocenters. The molecular formula is C13H9F3N2. The Morgan fingerprint density at radius 2 is 1.94 bits per heavy atom. The highest BCUT2D eigenvalue weighted by molar-refractivity contribution is 5.83. The maximum atomic E-state index is 13.0. The predicted molar refractivity (Wildman–Crippen MR) is 59.9 cm³/mol. The highest BCUT2D eigenvalue weighted by atomic mass is 19.4. The number of hydrogen-bond donors (Lipinski definition) is 0. The van der Waals surface area contributed by atoms with Crippen LogP contribution in [0, 0.1) is 11.3 Å². The molecule has 5 heteroatoms. The van der Waals surface area contributed by atoms with Gasteiger partial charge < -0.3 is 4.57 Å². The standard InChI is InChI=1S/C13H9F3N2/c14-13(15,16)12-6-9-2-1-8(7-17)5-11(9)18(12)10-3-4-10/h1-2,5-6,10H,3-4H2. The Labute approximate surface area is 101 Å². The lowest BCUT2D eigenvalue weighted by Gasteiger charge is -2.11. The Hall–Kier alpha value is -1.96. The van der Waals surface area contributed by atoms with Crippen LogP contribution < -0.4 is 0 Å². The van der Waals surface area contributed by atoms with E-state index in [1.807, 2.05) is 6.07 Å². The van der Waals surface area contributed by atoms with E-state index < -0.39 is 11.9 Å². The quantitative estimate of drug-likeness (QED) is 0.755. The zero-order chi connectivity index (χ0) is 12.9. The molecule has 0 unspecified atom stereocenters.